The second-order valence-electron chi connectivity index (χ2n) is 5.39. The van der Waals surface area contributed by atoms with Crippen LogP contribution in [-0.4, -0.2) is 30.3 Å². The third kappa shape index (κ3) is 6.30. The van der Waals surface area contributed by atoms with E-state index in [2.05, 4.69) is 5.32 Å². The molecule has 0 aromatic heterocycles. The second-order valence-corrected chi connectivity index (χ2v) is 5.83. The van der Waals surface area contributed by atoms with Gasteiger partial charge in [0.25, 0.3) is 0 Å². The summed E-state index contributed by atoms with van der Waals surface area (Å²) in [6.07, 6.45) is -0.537. The first-order valence-electron chi connectivity index (χ1n) is 7.41. The van der Waals surface area contributed by atoms with Crippen molar-refractivity contribution < 1.29 is 14.6 Å². The van der Waals surface area contributed by atoms with Crippen molar-refractivity contribution in [3.05, 3.63) is 64.7 Å². The van der Waals surface area contributed by atoms with Crippen LogP contribution < -0.4 is 10.1 Å². The summed E-state index contributed by atoms with van der Waals surface area (Å²) >= 11 is 5.88. The SMILES string of the molecule is Cc1cccc(OCC(O)CNC(=O)Cc2cccc(Cl)c2)c1. The fourth-order valence-corrected chi connectivity index (χ4v) is 2.30. The molecule has 2 N–H and O–H groups in total. The number of ether oxygens (including phenoxy) is 1. The van der Waals surface area contributed by atoms with Crippen molar-refractivity contribution >= 4 is 17.5 Å². The van der Waals surface area contributed by atoms with Crippen LogP contribution in [0.25, 0.3) is 0 Å². The number of carbonyl (C=O) groups is 1. The molecule has 0 heterocycles. The number of hydrogen-bond donors (Lipinski definition) is 2. The van der Waals surface area contributed by atoms with Gasteiger partial charge in [0.1, 0.15) is 18.5 Å². The highest BCUT2D eigenvalue weighted by Crippen LogP contribution is 2.13. The lowest BCUT2D eigenvalue weighted by Crippen LogP contribution is -2.36. The Kier molecular flexibility index (Phi) is 6.44. The molecule has 0 aliphatic heterocycles. The van der Waals surface area contributed by atoms with Crippen molar-refractivity contribution in [2.45, 2.75) is 19.4 Å². The number of carbonyl (C=O) groups excluding carboxylic acids is 1. The number of hydrogen-bond acceptors (Lipinski definition) is 3. The van der Waals surface area contributed by atoms with Gasteiger partial charge in [-0.3, -0.25) is 4.79 Å². The molecule has 0 bridgehead atoms. The Morgan fingerprint density at radius 3 is 2.78 bits per heavy atom. The van der Waals surface area contributed by atoms with Crippen LogP contribution >= 0.6 is 11.6 Å². The number of aliphatic hydroxyl groups excluding tert-OH is 1. The molecule has 2 rings (SSSR count). The fourth-order valence-electron chi connectivity index (χ4n) is 2.08. The maximum absolute atomic E-state index is 11.8. The average molecular weight is 334 g/mol. The average Bonchev–Trinajstić information content (AvgIpc) is 2.51. The number of aryl methyl sites for hydroxylation is 1. The molecule has 2 aromatic rings. The summed E-state index contributed by atoms with van der Waals surface area (Å²) in [5.74, 6) is 0.538. The number of benzene rings is 2. The van der Waals surface area contributed by atoms with Gasteiger partial charge in [0.2, 0.25) is 5.91 Å². The van der Waals surface area contributed by atoms with Crippen LogP contribution in [0.3, 0.4) is 0 Å². The lowest BCUT2D eigenvalue weighted by Gasteiger charge is -2.13. The van der Waals surface area contributed by atoms with E-state index in [4.69, 9.17) is 16.3 Å². The first kappa shape index (κ1) is 17.3. The molecule has 0 aliphatic rings. The number of rotatable bonds is 7. The predicted octanol–water partition coefficient (Wildman–Crippen LogP) is 2.75. The van der Waals surface area contributed by atoms with Crippen molar-refractivity contribution in [1.29, 1.82) is 0 Å². The standard InChI is InChI=1S/C18H20ClNO3/c1-13-4-2-7-17(8-13)23-12-16(21)11-20-18(22)10-14-5-3-6-15(19)9-14/h2-9,16,21H,10-12H2,1H3,(H,20,22). The summed E-state index contributed by atoms with van der Waals surface area (Å²) in [7, 11) is 0. The molecule has 0 spiro atoms. The highest BCUT2D eigenvalue weighted by molar-refractivity contribution is 6.30. The number of amides is 1. The third-order valence-corrected chi connectivity index (χ3v) is 3.46. The summed E-state index contributed by atoms with van der Waals surface area (Å²) in [4.78, 5) is 11.8. The van der Waals surface area contributed by atoms with Crippen LogP contribution in [0.5, 0.6) is 5.75 Å². The second kappa shape index (κ2) is 8.56. The minimum atomic E-state index is -0.765. The monoisotopic (exact) mass is 333 g/mol. The van der Waals surface area contributed by atoms with Gasteiger partial charge >= 0.3 is 0 Å². The maximum atomic E-state index is 11.8. The van der Waals surface area contributed by atoms with Crippen molar-refractivity contribution in [2.24, 2.45) is 0 Å². The predicted molar refractivity (Wildman–Crippen MR) is 90.8 cm³/mol. The molecule has 0 saturated heterocycles. The van der Waals surface area contributed by atoms with Gasteiger partial charge < -0.3 is 15.2 Å². The minimum absolute atomic E-state index is 0.126. The van der Waals surface area contributed by atoms with Crippen LogP contribution in [-0.2, 0) is 11.2 Å². The van der Waals surface area contributed by atoms with E-state index >= 15 is 0 Å². The Hall–Kier alpha value is -2.04. The van der Waals surface area contributed by atoms with Gasteiger partial charge in [0.05, 0.1) is 6.42 Å². The number of halogens is 1. The normalized spacial score (nSPS) is 11.8. The van der Waals surface area contributed by atoms with Crippen molar-refractivity contribution in [2.75, 3.05) is 13.2 Å². The third-order valence-electron chi connectivity index (χ3n) is 3.22. The molecule has 1 unspecified atom stereocenters. The van der Waals surface area contributed by atoms with Crippen LogP contribution in [0.2, 0.25) is 5.02 Å². The van der Waals surface area contributed by atoms with Gasteiger partial charge in [-0.1, -0.05) is 35.9 Å². The molecule has 4 nitrogen and oxygen atoms in total. The molecule has 0 aliphatic carbocycles. The zero-order valence-electron chi connectivity index (χ0n) is 13.0. The van der Waals surface area contributed by atoms with Gasteiger partial charge in [0, 0.05) is 11.6 Å². The first-order valence-corrected chi connectivity index (χ1v) is 7.79. The van der Waals surface area contributed by atoms with Gasteiger partial charge in [-0.25, -0.2) is 0 Å². The highest BCUT2D eigenvalue weighted by atomic mass is 35.5. The van der Waals surface area contributed by atoms with E-state index in [1.165, 1.54) is 0 Å². The molecule has 2 aromatic carbocycles. The van der Waals surface area contributed by atoms with E-state index in [1.807, 2.05) is 37.3 Å². The number of nitrogens with one attached hydrogen (secondary N) is 1. The van der Waals surface area contributed by atoms with E-state index in [1.54, 1.807) is 18.2 Å². The lowest BCUT2D eigenvalue weighted by molar-refractivity contribution is -0.121. The molecule has 1 amide bonds. The van der Waals surface area contributed by atoms with Gasteiger partial charge in [-0.2, -0.15) is 0 Å². The van der Waals surface area contributed by atoms with E-state index in [9.17, 15) is 9.90 Å². The molecule has 0 saturated carbocycles. The Morgan fingerprint density at radius 2 is 2.04 bits per heavy atom. The molecular weight excluding hydrogens is 314 g/mol. The summed E-state index contributed by atoms with van der Waals surface area (Å²) in [6.45, 7) is 2.24. The van der Waals surface area contributed by atoms with Crippen LogP contribution in [0, 0.1) is 6.92 Å². The van der Waals surface area contributed by atoms with Gasteiger partial charge in [-0.15, -0.1) is 0 Å². The van der Waals surface area contributed by atoms with Crippen LogP contribution in [0.4, 0.5) is 0 Å². The Balaban J connectivity index is 1.71. The maximum Gasteiger partial charge on any atom is 0.224 e. The van der Waals surface area contributed by atoms with Crippen molar-refractivity contribution in [1.82, 2.24) is 5.32 Å². The Bertz CT molecular complexity index is 660. The fraction of sp³-hybridized carbons (Fsp3) is 0.278. The zero-order valence-corrected chi connectivity index (χ0v) is 13.7. The van der Waals surface area contributed by atoms with E-state index in [-0.39, 0.29) is 25.5 Å². The largest absolute Gasteiger partial charge is 0.491 e. The van der Waals surface area contributed by atoms with Gasteiger partial charge in [0.15, 0.2) is 0 Å². The summed E-state index contributed by atoms with van der Waals surface area (Å²) in [6, 6.07) is 14.7. The lowest BCUT2D eigenvalue weighted by atomic mass is 10.1. The Labute approximate surface area is 141 Å². The molecule has 23 heavy (non-hydrogen) atoms. The minimum Gasteiger partial charge on any atom is -0.491 e. The smallest absolute Gasteiger partial charge is 0.224 e. The summed E-state index contributed by atoms with van der Waals surface area (Å²) in [5.41, 5.74) is 1.92. The molecule has 5 heteroatoms. The summed E-state index contributed by atoms with van der Waals surface area (Å²) < 4.78 is 5.50. The topological polar surface area (TPSA) is 58.6 Å². The molecule has 0 radical (unpaired) electrons. The van der Waals surface area contributed by atoms with Crippen molar-refractivity contribution in [3.8, 4) is 5.75 Å². The Morgan fingerprint density at radius 1 is 1.26 bits per heavy atom. The summed E-state index contributed by atoms with van der Waals surface area (Å²) in [5, 5.41) is 13.2. The van der Waals surface area contributed by atoms with E-state index in [0.717, 1.165) is 11.1 Å². The molecule has 1 atom stereocenters. The van der Waals surface area contributed by atoms with Crippen LogP contribution in [0.15, 0.2) is 48.5 Å². The quantitative estimate of drug-likeness (QED) is 0.819. The van der Waals surface area contributed by atoms with Crippen molar-refractivity contribution in [3.63, 3.8) is 0 Å². The molecular formula is C18H20ClNO3. The molecule has 0 fully saturated rings. The first-order chi connectivity index (χ1) is 11.0. The van der Waals surface area contributed by atoms with E-state index in [0.29, 0.717) is 10.8 Å². The van der Waals surface area contributed by atoms with Gasteiger partial charge in [-0.05, 0) is 42.3 Å². The van der Waals surface area contributed by atoms with Crippen LogP contribution in [0.1, 0.15) is 11.1 Å². The molecule has 122 valence electrons. The van der Waals surface area contributed by atoms with E-state index < -0.39 is 6.10 Å². The number of aliphatic hydroxyl groups is 1. The highest BCUT2D eigenvalue weighted by Gasteiger charge is 2.09. The zero-order chi connectivity index (χ0) is 16.7.